The number of nitrogens with zero attached hydrogens (tertiary/aromatic N) is 3. The Hall–Kier alpha value is -2.94. The van der Waals surface area contributed by atoms with Crippen LogP contribution in [0, 0.1) is 0 Å². The molecule has 0 saturated heterocycles. The Labute approximate surface area is 139 Å². The highest BCUT2D eigenvalue weighted by molar-refractivity contribution is 8.00. The number of para-hydroxylation sites is 1. The number of nitrogen functional groups attached to an aromatic ring is 1. The highest BCUT2D eigenvalue weighted by Gasteiger charge is 2.18. The van der Waals surface area contributed by atoms with Crippen LogP contribution in [0.15, 0.2) is 45.2 Å². The van der Waals surface area contributed by atoms with Crippen molar-refractivity contribution in [3.8, 4) is 0 Å². The number of benzene rings is 1. The molecule has 122 valence electrons. The zero-order valence-corrected chi connectivity index (χ0v) is 13.5. The standard InChI is InChI=1S/C15H13N5O3S/c1-20-12(16)11(13(22)19-15(20)23)10(21)6-24-14-8-4-2-3-5-9(8)17-7-18-14/h2-5,7H,6,16H2,1H3,(H,19,22,23). The van der Waals surface area contributed by atoms with Crippen molar-refractivity contribution in [3.63, 3.8) is 0 Å². The van der Waals surface area contributed by atoms with Crippen LogP contribution in [0.2, 0.25) is 0 Å². The lowest BCUT2D eigenvalue weighted by atomic mass is 10.2. The van der Waals surface area contributed by atoms with Crippen LogP contribution in [0.3, 0.4) is 0 Å². The third-order valence-corrected chi connectivity index (χ3v) is 4.50. The number of hydrogen-bond acceptors (Lipinski definition) is 7. The summed E-state index contributed by atoms with van der Waals surface area (Å²) in [6.07, 6.45) is 1.42. The van der Waals surface area contributed by atoms with Crippen molar-refractivity contribution in [2.24, 2.45) is 7.05 Å². The van der Waals surface area contributed by atoms with Crippen LogP contribution >= 0.6 is 11.8 Å². The number of H-pyrrole nitrogens is 1. The second-order valence-electron chi connectivity index (χ2n) is 4.99. The molecule has 0 saturated carbocycles. The number of nitrogens with two attached hydrogens (primary N) is 1. The summed E-state index contributed by atoms with van der Waals surface area (Å²) in [5.74, 6) is -0.661. The first kappa shape index (κ1) is 15.9. The number of rotatable bonds is 4. The van der Waals surface area contributed by atoms with Crippen LogP contribution in [0.25, 0.3) is 10.9 Å². The largest absolute Gasteiger partial charge is 0.384 e. The summed E-state index contributed by atoms with van der Waals surface area (Å²) in [6, 6.07) is 7.42. The molecule has 0 amide bonds. The van der Waals surface area contributed by atoms with Gasteiger partial charge in [-0.1, -0.05) is 30.0 Å². The van der Waals surface area contributed by atoms with Crippen molar-refractivity contribution in [1.29, 1.82) is 0 Å². The van der Waals surface area contributed by atoms with Gasteiger partial charge in [0.15, 0.2) is 5.78 Å². The number of Topliss-reactive ketones (excluding diaryl/α,β-unsaturated/α-hetero) is 1. The molecule has 2 aromatic heterocycles. The molecule has 9 heteroatoms. The number of thioether (sulfide) groups is 1. The van der Waals surface area contributed by atoms with Gasteiger partial charge in [0.25, 0.3) is 5.56 Å². The lowest BCUT2D eigenvalue weighted by molar-refractivity contribution is 0.102. The van der Waals surface area contributed by atoms with Gasteiger partial charge in [-0.25, -0.2) is 14.8 Å². The smallest absolute Gasteiger partial charge is 0.329 e. The van der Waals surface area contributed by atoms with E-state index in [-0.39, 0.29) is 17.1 Å². The van der Waals surface area contributed by atoms with Gasteiger partial charge in [0.1, 0.15) is 22.7 Å². The van der Waals surface area contributed by atoms with Gasteiger partial charge in [-0.2, -0.15) is 0 Å². The number of carbonyl (C=O) groups is 1. The monoisotopic (exact) mass is 343 g/mol. The van der Waals surface area contributed by atoms with E-state index in [1.165, 1.54) is 25.1 Å². The molecule has 3 rings (SSSR count). The van der Waals surface area contributed by atoms with Gasteiger partial charge >= 0.3 is 5.69 Å². The summed E-state index contributed by atoms with van der Waals surface area (Å²) in [7, 11) is 1.38. The average Bonchev–Trinajstić information content (AvgIpc) is 2.58. The molecule has 3 N–H and O–H groups in total. The summed E-state index contributed by atoms with van der Waals surface area (Å²) in [6.45, 7) is 0. The Kier molecular flexibility index (Phi) is 4.17. The summed E-state index contributed by atoms with van der Waals surface area (Å²) >= 11 is 1.18. The molecule has 3 aromatic rings. The highest BCUT2D eigenvalue weighted by Crippen LogP contribution is 2.24. The normalized spacial score (nSPS) is 10.9. The third-order valence-electron chi connectivity index (χ3n) is 3.49. The van der Waals surface area contributed by atoms with E-state index in [0.717, 1.165) is 15.5 Å². The van der Waals surface area contributed by atoms with Crippen molar-refractivity contribution < 1.29 is 4.79 Å². The number of carbonyl (C=O) groups excluding carboxylic acids is 1. The fourth-order valence-corrected chi connectivity index (χ4v) is 3.07. The van der Waals surface area contributed by atoms with Crippen molar-refractivity contribution in [1.82, 2.24) is 19.5 Å². The molecule has 0 aliphatic carbocycles. The zero-order chi connectivity index (χ0) is 17.3. The molecule has 0 atom stereocenters. The van der Waals surface area contributed by atoms with E-state index >= 15 is 0 Å². The van der Waals surface area contributed by atoms with Gasteiger partial charge in [0.05, 0.1) is 11.3 Å². The van der Waals surface area contributed by atoms with Crippen LogP contribution in [0.5, 0.6) is 0 Å². The molecule has 0 unspecified atom stereocenters. The summed E-state index contributed by atoms with van der Waals surface area (Å²) in [5.41, 5.74) is 4.83. The molecule has 0 bridgehead atoms. The minimum Gasteiger partial charge on any atom is -0.384 e. The van der Waals surface area contributed by atoms with Crippen LogP contribution in [-0.2, 0) is 7.05 Å². The summed E-state index contributed by atoms with van der Waals surface area (Å²) in [5, 5.41) is 1.45. The molecule has 24 heavy (non-hydrogen) atoms. The SMILES string of the molecule is Cn1c(N)c(C(=O)CSc2ncnc3ccccc23)c(=O)[nH]c1=O. The number of nitrogens with one attached hydrogen (secondary N) is 1. The van der Waals surface area contributed by atoms with E-state index in [2.05, 4.69) is 15.0 Å². The maximum atomic E-state index is 12.4. The van der Waals surface area contributed by atoms with E-state index in [9.17, 15) is 14.4 Å². The Bertz CT molecular complexity index is 1050. The minimum absolute atomic E-state index is 0.0352. The van der Waals surface area contributed by atoms with Crippen LogP contribution in [-0.4, -0.2) is 31.1 Å². The zero-order valence-electron chi connectivity index (χ0n) is 12.6. The lowest BCUT2D eigenvalue weighted by Gasteiger charge is -2.08. The quantitative estimate of drug-likeness (QED) is 0.403. The molecular formula is C15H13N5O3S. The van der Waals surface area contributed by atoms with E-state index in [1.807, 2.05) is 24.3 Å². The van der Waals surface area contributed by atoms with Gasteiger partial charge < -0.3 is 5.73 Å². The molecule has 0 fully saturated rings. The van der Waals surface area contributed by atoms with Gasteiger partial charge in [-0.3, -0.25) is 19.1 Å². The molecule has 1 aromatic carbocycles. The van der Waals surface area contributed by atoms with E-state index < -0.39 is 17.0 Å². The number of hydrogen-bond donors (Lipinski definition) is 2. The second kappa shape index (κ2) is 6.28. The number of anilines is 1. The van der Waals surface area contributed by atoms with E-state index in [0.29, 0.717) is 5.03 Å². The summed E-state index contributed by atoms with van der Waals surface area (Å²) < 4.78 is 1.03. The minimum atomic E-state index is -0.784. The maximum absolute atomic E-state index is 12.4. The Morgan fingerprint density at radius 1 is 1.29 bits per heavy atom. The van der Waals surface area contributed by atoms with Gasteiger partial charge in [0, 0.05) is 12.4 Å². The maximum Gasteiger partial charge on any atom is 0.329 e. The van der Waals surface area contributed by atoms with Gasteiger partial charge in [0.2, 0.25) is 0 Å². The molecule has 8 nitrogen and oxygen atoms in total. The number of aromatic nitrogens is 4. The van der Waals surface area contributed by atoms with Gasteiger partial charge in [-0.05, 0) is 6.07 Å². The fourth-order valence-electron chi connectivity index (χ4n) is 2.21. The van der Waals surface area contributed by atoms with Gasteiger partial charge in [-0.15, -0.1) is 0 Å². The third kappa shape index (κ3) is 2.81. The Balaban J connectivity index is 1.90. The fraction of sp³-hybridized carbons (Fsp3) is 0.133. The predicted octanol–water partition coefficient (Wildman–Crippen LogP) is 0.574. The molecule has 0 aliphatic heterocycles. The van der Waals surface area contributed by atoms with E-state index in [4.69, 9.17) is 5.73 Å². The van der Waals surface area contributed by atoms with Crippen molar-refractivity contribution in [2.75, 3.05) is 11.5 Å². The van der Waals surface area contributed by atoms with Crippen molar-refractivity contribution in [3.05, 3.63) is 57.0 Å². The van der Waals surface area contributed by atoms with Crippen LogP contribution in [0.1, 0.15) is 10.4 Å². The lowest BCUT2D eigenvalue weighted by Crippen LogP contribution is -2.35. The average molecular weight is 343 g/mol. The van der Waals surface area contributed by atoms with Crippen LogP contribution in [0.4, 0.5) is 5.82 Å². The van der Waals surface area contributed by atoms with Crippen molar-refractivity contribution >= 4 is 34.3 Å². The van der Waals surface area contributed by atoms with E-state index in [1.54, 1.807) is 0 Å². The van der Waals surface area contributed by atoms with Crippen molar-refractivity contribution in [2.45, 2.75) is 5.03 Å². The second-order valence-corrected chi connectivity index (χ2v) is 5.95. The molecule has 0 aliphatic rings. The first-order valence-corrected chi connectivity index (χ1v) is 7.92. The topological polar surface area (TPSA) is 124 Å². The van der Waals surface area contributed by atoms with Crippen LogP contribution < -0.4 is 17.0 Å². The highest BCUT2D eigenvalue weighted by atomic mass is 32.2. The molecular weight excluding hydrogens is 330 g/mol. The number of aromatic amines is 1. The summed E-state index contributed by atoms with van der Waals surface area (Å²) in [4.78, 5) is 46.1. The molecule has 0 spiro atoms. The number of fused-ring (bicyclic) bond motifs is 1. The first-order chi connectivity index (χ1) is 11.5. The Morgan fingerprint density at radius 2 is 2.04 bits per heavy atom. The Morgan fingerprint density at radius 3 is 2.83 bits per heavy atom. The first-order valence-electron chi connectivity index (χ1n) is 6.93. The molecule has 0 radical (unpaired) electrons. The predicted molar refractivity (Wildman–Crippen MR) is 91.3 cm³/mol. The molecule has 2 heterocycles. The number of ketones is 1.